The largest absolute Gasteiger partial charge is 0.368 e. The summed E-state index contributed by atoms with van der Waals surface area (Å²) in [6.07, 6.45) is 3.56. The number of hydrogen-bond donors (Lipinski definition) is 1. The Kier molecular flexibility index (Phi) is 5.61. The predicted molar refractivity (Wildman–Crippen MR) is 116 cm³/mol. The highest BCUT2D eigenvalue weighted by molar-refractivity contribution is 5.92. The van der Waals surface area contributed by atoms with Crippen molar-refractivity contribution in [3.8, 4) is 11.1 Å². The standard InChI is InChI=1S/C25H25N3O2/c26-24(30)25(14-8-16-28(25)23(29)17-21-12-6-7-15-27-21)18-20-11-4-5-13-22(20)19-9-2-1-3-10-19/h1-7,9-13,15H,8,14,16-18H2,(H2,26,30). The van der Waals surface area contributed by atoms with Crippen molar-refractivity contribution in [2.75, 3.05) is 6.54 Å². The zero-order valence-electron chi connectivity index (χ0n) is 16.8. The van der Waals surface area contributed by atoms with Crippen LogP contribution in [0.1, 0.15) is 24.1 Å². The van der Waals surface area contributed by atoms with Crippen LogP contribution in [0.25, 0.3) is 11.1 Å². The van der Waals surface area contributed by atoms with Gasteiger partial charge in [0.25, 0.3) is 0 Å². The number of nitrogens with two attached hydrogens (primary N) is 1. The molecule has 4 rings (SSSR count). The summed E-state index contributed by atoms with van der Waals surface area (Å²) in [5.41, 5.74) is 8.77. The van der Waals surface area contributed by atoms with Gasteiger partial charge in [0.15, 0.2) is 0 Å². The summed E-state index contributed by atoms with van der Waals surface area (Å²) in [7, 11) is 0. The highest BCUT2D eigenvalue weighted by Gasteiger charge is 2.48. The Balaban J connectivity index is 1.67. The molecule has 5 nitrogen and oxygen atoms in total. The van der Waals surface area contributed by atoms with E-state index in [0.717, 1.165) is 23.1 Å². The summed E-state index contributed by atoms with van der Waals surface area (Å²) in [4.78, 5) is 31.9. The monoisotopic (exact) mass is 399 g/mol. The molecule has 5 heteroatoms. The van der Waals surface area contributed by atoms with E-state index in [-0.39, 0.29) is 12.3 Å². The fourth-order valence-corrected chi connectivity index (χ4v) is 4.41. The summed E-state index contributed by atoms with van der Waals surface area (Å²) in [6, 6.07) is 23.6. The van der Waals surface area contributed by atoms with Crippen LogP contribution >= 0.6 is 0 Å². The minimum absolute atomic E-state index is 0.109. The van der Waals surface area contributed by atoms with Gasteiger partial charge in [-0.1, -0.05) is 60.7 Å². The lowest BCUT2D eigenvalue weighted by Gasteiger charge is -2.36. The zero-order valence-corrected chi connectivity index (χ0v) is 16.8. The molecule has 0 aliphatic carbocycles. The van der Waals surface area contributed by atoms with Crippen molar-refractivity contribution < 1.29 is 9.59 Å². The number of likely N-dealkylation sites (tertiary alicyclic amines) is 1. The zero-order chi connectivity index (χ0) is 21.0. The van der Waals surface area contributed by atoms with Crippen molar-refractivity contribution in [2.24, 2.45) is 5.73 Å². The topological polar surface area (TPSA) is 76.3 Å². The highest BCUT2D eigenvalue weighted by Crippen LogP contribution is 2.36. The normalized spacial score (nSPS) is 18.3. The SMILES string of the molecule is NC(=O)C1(Cc2ccccc2-c2ccccc2)CCCN1C(=O)Cc1ccccn1. The van der Waals surface area contributed by atoms with Gasteiger partial charge in [0.05, 0.1) is 6.42 Å². The Hall–Kier alpha value is -3.47. The fraction of sp³-hybridized carbons (Fsp3) is 0.240. The van der Waals surface area contributed by atoms with Crippen LogP contribution < -0.4 is 5.73 Å². The molecular weight excluding hydrogens is 374 g/mol. The van der Waals surface area contributed by atoms with Crippen molar-refractivity contribution >= 4 is 11.8 Å². The number of carbonyl (C=O) groups excluding carboxylic acids is 2. The van der Waals surface area contributed by atoms with E-state index in [1.807, 2.05) is 60.7 Å². The average molecular weight is 399 g/mol. The van der Waals surface area contributed by atoms with E-state index < -0.39 is 11.4 Å². The number of benzene rings is 2. The molecule has 2 heterocycles. The number of nitrogens with zero attached hydrogens (tertiary/aromatic N) is 2. The number of aromatic nitrogens is 1. The molecule has 0 spiro atoms. The smallest absolute Gasteiger partial charge is 0.243 e. The van der Waals surface area contributed by atoms with Gasteiger partial charge < -0.3 is 10.6 Å². The van der Waals surface area contributed by atoms with Gasteiger partial charge in [-0.05, 0) is 41.7 Å². The second-order valence-electron chi connectivity index (χ2n) is 7.74. The van der Waals surface area contributed by atoms with Gasteiger partial charge in [0.1, 0.15) is 5.54 Å². The van der Waals surface area contributed by atoms with E-state index in [0.29, 0.717) is 25.1 Å². The molecule has 0 radical (unpaired) electrons. The summed E-state index contributed by atoms with van der Waals surface area (Å²) >= 11 is 0. The maximum atomic E-state index is 13.2. The number of primary amides is 1. The Morgan fingerprint density at radius 3 is 2.43 bits per heavy atom. The van der Waals surface area contributed by atoms with Crippen molar-refractivity contribution in [1.29, 1.82) is 0 Å². The van der Waals surface area contributed by atoms with Crippen LogP contribution in [0, 0.1) is 0 Å². The number of hydrogen-bond acceptors (Lipinski definition) is 3. The minimum Gasteiger partial charge on any atom is -0.368 e. The molecule has 1 unspecified atom stereocenters. The van der Waals surface area contributed by atoms with Crippen molar-refractivity contribution in [3.05, 3.63) is 90.3 Å². The Morgan fingerprint density at radius 2 is 1.70 bits per heavy atom. The van der Waals surface area contributed by atoms with Gasteiger partial charge in [0, 0.05) is 24.9 Å². The summed E-state index contributed by atoms with van der Waals surface area (Å²) in [5.74, 6) is -0.556. The first kappa shape index (κ1) is 19.8. The van der Waals surface area contributed by atoms with Crippen LogP contribution in [0.15, 0.2) is 79.0 Å². The van der Waals surface area contributed by atoms with Crippen LogP contribution in [0.3, 0.4) is 0 Å². The fourth-order valence-electron chi connectivity index (χ4n) is 4.41. The highest BCUT2D eigenvalue weighted by atomic mass is 16.2. The maximum Gasteiger partial charge on any atom is 0.243 e. The average Bonchev–Trinajstić information content (AvgIpc) is 3.21. The van der Waals surface area contributed by atoms with E-state index in [4.69, 9.17) is 5.73 Å². The van der Waals surface area contributed by atoms with Crippen LogP contribution in [-0.2, 0) is 22.4 Å². The van der Waals surface area contributed by atoms with Gasteiger partial charge in [-0.15, -0.1) is 0 Å². The van der Waals surface area contributed by atoms with Crippen LogP contribution in [0.4, 0.5) is 0 Å². The van der Waals surface area contributed by atoms with E-state index in [1.165, 1.54) is 0 Å². The summed E-state index contributed by atoms with van der Waals surface area (Å²) in [5, 5.41) is 0. The van der Waals surface area contributed by atoms with Gasteiger partial charge >= 0.3 is 0 Å². The molecule has 0 bridgehead atoms. The van der Waals surface area contributed by atoms with E-state index in [1.54, 1.807) is 11.1 Å². The molecule has 152 valence electrons. The van der Waals surface area contributed by atoms with E-state index in [2.05, 4.69) is 17.1 Å². The third kappa shape index (κ3) is 3.83. The Bertz CT molecular complexity index is 1040. The molecule has 30 heavy (non-hydrogen) atoms. The second kappa shape index (κ2) is 8.49. The number of pyridine rings is 1. The third-order valence-electron chi connectivity index (χ3n) is 5.89. The first-order valence-electron chi connectivity index (χ1n) is 10.2. The third-order valence-corrected chi connectivity index (χ3v) is 5.89. The molecule has 0 saturated carbocycles. The van der Waals surface area contributed by atoms with E-state index >= 15 is 0 Å². The molecule has 1 aliphatic heterocycles. The quantitative estimate of drug-likeness (QED) is 0.690. The van der Waals surface area contributed by atoms with Crippen LogP contribution in [-0.4, -0.2) is 33.8 Å². The van der Waals surface area contributed by atoms with Gasteiger partial charge in [-0.3, -0.25) is 14.6 Å². The number of carbonyl (C=O) groups is 2. The predicted octanol–water partition coefficient (Wildman–Crippen LogP) is 3.38. The molecule has 1 atom stereocenters. The Morgan fingerprint density at radius 1 is 0.967 bits per heavy atom. The van der Waals surface area contributed by atoms with Crippen LogP contribution in [0.2, 0.25) is 0 Å². The summed E-state index contributed by atoms with van der Waals surface area (Å²) in [6.45, 7) is 0.530. The van der Waals surface area contributed by atoms with Crippen LogP contribution in [0.5, 0.6) is 0 Å². The van der Waals surface area contributed by atoms with Crippen molar-refractivity contribution in [1.82, 2.24) is 9.88 Å². The molecule has 1 aromatic heterocycles. The van der Waals surface area contributed by atoms with Crippen molar-refractivity contribution in [2.45, 2.75) is 31.2 Å². The molecule has 1 fully saturated rings. The lowest BCUT2D eigenvalue weighted by molar-refractivity contribution is -0.143. The molecule has 2 aromatic carbocycles. The lowest BCUT2D eigenvalue weighted by Crippen LogP contribution is -2.57. The van der Waals surface area contributed by atoms with Gasteiger partial charge in [-0.25, -0.2) is 0 Å². The van der Waals surface area contributed by atoms with Gasteiger partial charge in [0.2, 0.25) is 11.8 Å². The second-order valence-corrected chi connectivity index (χ2v) is 7.74. The lowest BCUT2D eigenvalue weighted by atomic mass is 9.84. The molecular formula is C25H25N3O2. The van der Waals surface area contributed by atoms with Crippen molar-refractivity contribution in [3.63, 3.8) is 0 Å². The first-order chi connectivity index (χ1) is 14.6. The molecule has 2 amide bonds. The maximum absolute atomic E-state index is 13.2. The minimum atomic E-state index is -1.02. The molecule has 1 aliphatic rings. The molecule has 2 N–H and O–H groups in total. The van der Waals surface area contributed by atoms with Gasteiger partial charge in [-0.2, -0.15) is 0 Å². The number of amides is 2. The summed E-state index contributed by atoms with van der Waals surface area (Å²) < 4.78 is 0. The Labute approximate surface area is 176 Å². The first-order valence-corrected chi connectivity index (χ1v) is 10.2. The number of rotatable bonds is 6. The van der Waals surface area contributed by atoms with E-state index in [9.17, 15) is 9.59 Å². The molecule has 3 aromatic rings. The molecule has 1 saturated heterocycles.